The van der Waals surface area contributed by atoms with E-state index in [1.54, 1.807) is 0 Å². The van der Waals surface area contributed by atoms with Crippen LogP contribution < -0.4 is 0 Å². The molecule has 0 aliphatic carbocycles. The number of fused-ring (bicyclic) bond motifs is 5. The predicted molar refractivity (Wildman–Crippen MR) is 105 cm³/mol. The van der Waals surface area contributed by atoms with Crippen LogP contribution in [0.5, 0.6) is 0 Å². The Morgan fingerprint density at radius 1 is 0.923 bits per heavy atom. The summed E-state index contributed by atoms with van der Waals surface area (Å²) in [4.78, 5) is 0. The topological polar surface area (TPSA) is 36.9 Å². The molecule has 0 amide bonds. The fraction of sp³-hybridized carbons (Fsp3) is 0.909. The zero-order valence-electron chi connectivity index (χ0n) is 18.5. The largest absolute Gasteiger partial charge is 0.492 e. The zero-order valence-corrected chi connectivity index (χ0v) is 18.5. The van der Waals surface area contributed by atoms with Crippen molar-refractivity contribution >= 4 is 0 Å². The van der Waals surface area contributed by atoms with E-state index in [0.29, 0.717) is 17.8 Å². The van der Waals surface area contributed by atoms with Crippen molar-refractivity contribution in [1.82, 2.24) is 0 Å². The van der Waals surface area contributed by atoms with Crippen molar-refractivity contribution in [2.75, 3.05) is 6.61 Å². The second-order valence-corrected chi connectivity index (χ2v) is 8.59. The Balaban J connectivity index is 0.000000570. The van der Waals surface area contributed by atoms with Crippen LogP contribution in [-0.4, -0.2) is 36.3 Å². The minimum absolute atomic E-state index is 0.1000. The van der Waals surface area contributed by atoms with Gasteiger partial charge in [0.2, 0.25) is 0 Å². The highest BCUT2D eigenvalue weighted by atomic mass is 16.7. The molecule has 152 valence electrons. The highest BCUT2D eigenvalue weighted by Crippen LogP contribution is 2.54. The molecule has 0 N–H and O–H groups in total. The standard InChI is InChI=1S/C18H28O4.2C2H6/c1-9-10(2)21-18(5,6)12-8-19-14-11-7-17(3,4)22-16(11)20-15(14)13(9)12;2*1-2/h11-16H,7-8H2,1-6H3;2*1-2H3/t11-,12+,13+,14-,15-,16-;;/m1../s1. The van der Waals surface area contributed by atoms with Gasteiger partial charge < -0.3 is 18.9 Å². The van der Waals surface area contributed by atoms with Crippen molar-refractivity contribution in [3.63, 3.8) is 0 Å². The Labute approximate surface area is 160 Å². The van der Waals surface area contributed by atoms with E-state index in [2.05, 4.69) is 41.5 Å². The third kappa shape index (κ3) is 3.57. The summed E-state index contributed by atoms with van der Waals surface area (Å²) in [5.41, 5.74) is 1.01. The van der Waals surface area contributed by atoms with E-state index in [1.807, 2.05) is 27.7 Å². The molecule has 0 bridgehead atoms. The first-order valence-corrected chi connectivity index (χ1v) is 10.5. The Kier molecular flexibility index (Phi) is 6.52. The number of hydrogen-bond donors (Lipinski definition) is 0. The van der Waals surface area contributed by atoms with Gasteiger partial charge >= 0.3 is 0 Å². The Bertz CT molecular complexity index is 522. The van der Waals surface area contributed by atoms with E-state index in [0.717, 1.165) is 18.8 Å². The minimum atomic E-state index is -0.208. The molecule has 0 spiro atoms. The molecule has 4 aliphatic rings. The lowest BCUT2D eigenvalue weighted by Crippen LogP contribution is -2.56. The smallest absolute Gasteiger partial charge is 0.164 e. The van der Waals surface area contributed by atoms with Gasteiger partial charge in [0, 0.05) is 17.8 Å². The van der Waals surface area contributed by atoms with Crippen molar-refractivity contribution in [2.45, 2.75) is 105 Å². The van der Waals surface area contributed by atoms with Gasteiger partial charge in [-0.15, -0.1) is 0 Å². The SMILES string of the molecule is CC.CC.CC1=C(C)[C@@H]2[C@H]3O[C@@H]4OC(C)(C)C[C@@H]4[C@H]3OC[C@@H]2C(C)(C)O1. The van der Waals surface area contributed by atoms with Crippen LogP contribution in [0.1, 0.15) is 75.7 Å². The quantitative estimate of drug-likeness (QED) is 0.580. The summed E-state index contributed by atoms with van der Waals surface area (Å²) < 4.78 is 24.9. The molecule has 0 unspecified atom stereocenters. The van der Waals surface area contributed by atoms with Crippen LogP contribution in [0.25, 0.3) is 0 Å². The normalized spacial score (nSPS) is 41.5. The Morgan fingerprint density at radius 2 is 1.54 bits per heavy atom. The third-order valence-electron chi connectivity index (χ3n) is 6.17. The minimum Gasteiger partial charge on any atom is -0.492 e. The van der Waals surface area contributed by atoms with E-state index in [4.69, 9.17) is 18.9 Å². The number of rotatable bonds is 0. The fourth-order valence-corrected chi connectivity index (χ4v) is 5.01. The summed E-state index contributed by atoms with van der Waals surface area (Å²) in [6, 6.07) is 0. The van der Waals surface area contributed by atoms with Gasteiger partial charge in [0.05, 0.1) is 30.2 Å². The molecule has 3 saturated heterocycles. The first-order chi connectivity index (χ1) is 12.2. The van der Waals surface area contributed by atoms with Crippen LogP contribution in [0.15, 0.2) is 11.3 Å². The lowest BCUT2D eigenvalue weighted by atomic mass is 9.68. The molecule has 0 aromatic carbocycles. The van der Waals surface area contributed by atoms with Crippen molar-refractivity contribution in [3.05, 3.63) is 11.3 Å². The van der Waals surface area contributed by atoms with Gasteiger partial charge in [0.15, 0.2) is 6.29 Å². The Morgan fingerprint density at radius 3 is 2.15 bits per heavy atom. The monoisotopic (exact) mass is 368 g/mol. The third-order valence-corrected chi connectivity index (χ3v) is 6.17. The van der Waals surface area contributed by atoms with Crippen LogP contribution in [0.4, 0.5) is 0 Å². The van der Waals surface area contributed by atoms with Crippen molar-refractivity contribution in [3.8, 4) is 0 Å². The zero-order chi connectivity index (χ0) is 19.9. The highest BCUT2D eigenvalue weighted by molar-refractivity contribution is 5.21. The van der Waals surface area contributed by atoms with Crippen LogP contribution in [-0.2, 0) is 18.9 Å². The fourth-order valence-electron chi connectivity index (χ4n) is 5.01. The molecule has 4 aliphatic heterocycles. The molecule has 6 atom stereocenters. The molecule has 4 heteroatoms. The highest BCUT2D eigenvalue weighted by Gasteiger charge is 2.61. The van der Waals surface area contributed by atoms with Gasteiger partial charge in [-0.2, -0.15) is 0 Å². The summed E-state index contributed by atoms with van der Waals surface area (Å²) in [7, 11) is 0. The molecule has 3 fully saturated rings. The van der Waals surface area contributed by atoms with Crippen molar-refractivity contribution in [2.24, 2.45) is 17.8 Å². The summed E-state index contributed by atoms with van der Waals surface area (Å²) in [6.45, 7) is 21.6. The van der Waals surface area contributed by atoms with E-state index in [-0.39, 0.29) is 29.7 Å². The van der Waals surface area contributed by atoms with E-state index in [9.17, 15) is 0 Å². The van der Waals surface area contributed by atoms with Gasteiger partial charge in [0.1, 0.15) is 5.60 Å². The summed E-state index contributed by atoms with van der Waals surface area (Å²) >= 11 is 0. The molecule has 0 radical (unpaired) electrons. The van der Waals surface area contributed by atoms with Crippen molar-refractivity contribution < 1.29 is 18.9 Å². The first kappa shape index (κ1) is 21.7. The van der Waals surface area contributed by atoms with Gasteiger partial charge in [0.25, 0.3) is 0 Å². The lowest BCUT2D eigenvalue weighted by molar-refractivity contribution is -0.210. The predicted octanol–water partition coefficient (Wildman–Crippen LogP) is 5.31. The van der Waals surface area contributed by atoms with Gasteiger partial charge in [-0.3, -0.25) is 0 Å². The number of ether oxygens (including phenoxy) is 4. The van der Waals surface area contributed by atoms with Crippen LogP contribution in [0.2, 0.25) is 0 Å². The van der Waals surface area contributed by atoms with Crippen LogP contribution in [0, 0.1) is 17.8 Å². The first-order valence-electron chi connectivity index (χ1n) is 10.5. The van der Waals surface area contributed by atoms with Gasteiger partial charge in [-0.1, -0.05) is 27.7 Å². The van der Waals surface area contributed by atoms with Crippen LogP contribution in [0.3, 0.4) is 0 Å². The van der Waals surface area contributed by atoms with Gasteiger partial charge in [-0.25, -0.2) is 0 Å². The number of hydrogen-bond acceptors (Lipinski definition) is 4. The molecular weight excluding hydrogens is 328 g/mol. The van der Waals surface area contributed by atoms with Crippen LogP contribution >= 0.6 is 0 Å². The maximum absolute atomic E-state index is 6.37. The van der Waals surface area contributed by atoms with Gasteiger partial charge in [-0.05, 0) is 53.5 Å². The van der Waals surface area contributed by atoms with Crippen molar-refractivity contribution in [1.29, 1.82) is 0 Å². The maximum atomic E-state index is 6.37. The molecule has 0 saturated carbocycles. The second-order valence-electron chi connectivity index (χ2n) is 8.59. The molecular formula is C22H40O4. The molecule has 0 aromatic rings. The molecule has 26 heavy (non-hydrogen) atoms. The summed E-state index contributed by atoms with van der Waals surface area (Å²) in [5.74, 6) is 2.12. The molecule has 4 rings (SSSR count). The van der Waals surface area contributed by atoms with E-state index in [1.165, 1.54) is 5.57 Å². The molecule has 4 nitrogen and oxygen atoms in total. The Hall–Kier alpha value is -0.580. The average molecular weight is 369 g/mol. The lowest BCUT2D eigenvalue weighted by Gasteiger charge is -2.50. The van der Waals surface area contributed by atoms with E-state index >= 15 is 0 Å². The molecule has 0 aromatic heterocycles. The van der Waals surface area contributed by atoms with E-state index < -0.39 is 0 Å². The second kappa shape index (κ2) is 7.81. The maximum Gasteiger partial charge on any atom is 0.164 e. The average Bonchev–Trinajstić information content (AvgIpc) is 3.07. The number of allylic oxidation sites excluding steroid dienone is 1. The molecule has 4 heterocycles. The summed E-state index contributed by atoms with van der Waals surface area (Å²) in [6.07, 6.45) is 1.16. The summed E-state index contributed by atoms with van der Waals surface area (Å²) in [5, 5.41) is 0.